The average Bonchev–Trinajstić information content (AvgIpc) is 3.07. The first kappa shape index (κ1) is 15.0. The Hall–Kier alpha value is -1.40. The molecule has 0 aromatic carbocycles. The van der Waals surface area contributed by atoms with E-state index in [0.29, 0.717) is 11.4 Å². The molecule has 1 aliphatic carbocycles. The first-order valence-electron chi connectivity index (χ1n) is 6.67. The molecule has 110 valence electrons. The molecule has 0 unspecified atom stereocenters. The van der Waals surface area contributed by atoms with Crippen LogP contribution in [0.4, 0.5) is 0 Å². The van der Waals surface area contributed by atoms with Crippen molar-refractivity contribution in [3.63, 3.8) is 0 Å². The van der Waals surface area contributed by atoms with Crippen molar-refractivity contribution >= 4 is 23.2 Å². The minimum absolute atomic E-state index is 0.271. The topological polar surface area (TPSA) is 72.6 Å². The fourth-order valence-electron chi connectivity index (χ4n) is 2.91. The van der Waals surface area contributed by atoms with E-state index in [9.17, 15) is 9.59 Å². The number of hydrogen-bond acceptors (Lipinski definition) is 5. The molecule has 5 nitrogen and oxygen atoms in total. The molecule has 0 spiro atoms. The molecular formula is C14H20N2O3S. The summed E-state index contributed by atoms with van der Waals surface area (Å²) >= 11 is 1.36. The van der Waals surface area contributed by atoms with Crippen molar-refractivity contribution in [2.24, 2.45) is 5.73 Å². The van der Waals surface area contributed by atoms with Gasteiger partial charge in [-0.25, -0.2) is 4.79 Å². The van der Waals surface area contributed by atoms with E-state index in [2.05, 4.69) is 0 Å². The number of esters is 1. The van der Waals surface area contributed by atoms with Crippen molar-refractivity contribution in [3.8, 4) is 0 Å². The number of ether oxygens (including phenoxy) is 1. The predicted octanol–water partition coefficient (Wildman–Crippen LogP) is 1.76. The van der Waals surface area contributed by atoms with Crippen LogP contribution in [0.25, 0.3) is 0 Å². The zero-order valence-corrected chi connectivity index (χ0v) is 12.7. The van der Waals surface area contributed by atoms with E-state index in [-0.39, 0.29) is 11.9 Å². The Balaban J connectivity index is 2.19. The van der Waals surface area contributed by atoms with E-state index in [1.54, 1.807) is 0 Å². The lowest BCUT2D eigenvalue weighted by molar-refractivity contribution is -0.129. The highest BCUT2D eigenvalue weighted by Gasteiger charge is 2.43. The second-order valence-electron chi connectivity index (χ2n) is 5.23. The van der Waals surface area contributed by atoms with Crippen molar-refractivity contribution in [1.29, 1.82) is 0 Å². The monoisotopic (exact) mass is 296 g/mol. The van der Waals surface area contributed by atoms with Crippen LogP contribution in [0.3, 0.4) is 0 Å². The van der Waals surface area contributed by atoms with Gasteiger partial charge in [-0.05, 0) is 36.9 Å². The lowest BCUT2D eigenvalue weighted by Crippen LogP contribution is -2.53. The number of nitrogens with zero attached hydrogens (tertiary/aromatic N) is 1. The molecule has 1 aromatic rings. The van der Waals surface area contributed by atoms with E-state index in [0.717, 1.165) is 31.2 Å². The van der Waals surface area contributed by atoms with Gasteiger partial charge in [0.2, 0.25) is 5.91 Å². The molecule has 2 rings (SSSR count). The van der Waals surface area contributed by atoms with Crippen LogP contribution in [0.1, 0.15) is 40.9 Å². The molecule has 1 aromatic heterocycles. The standard InChI is InChI=1S/C14H20N2O3S/c1-16(14(13(15)18)6-3-4-7-14)9-10-5-8-20-11(10)12(17)19-2/h5,8H,3-4,6-7,9H2,1-2H3,(H2,15,18). The molecule has 6 heteroatoms. The zero-order chi connectivity index (χ0) is 14.8. The minimum Gasteiger partial charge on any atom is -0.465 e. The second-order valence-corrected chi connectivity index (χ2v) is 6.14. The van der Waals surface area contributed by atoms with Crippen LogP contribution in [-0.4, -0.2) is 36.5 Å². The van der Waals surface area contributed by atoms with Gasteiger partial charge in [0.05, 0.1) is 7.11 Å². The van der Waals surface area contributed by atoms with Crippen molar-refractivity contribution in [1.82, 2.24) is 4.90 Å². The van der Waals surface area contributed by atoms with Crippen molar-refractivity contribution in [3.05, 3.63) is 21.9 Å². The van der Waals surface area contributed by atoms with Crippen molar-refractivity contribution in [2.75, 3.05) is 14.2 Å². The zero-order valence-electron chi connectivity index (χ0n) is 11.8. The molecule has 1 saturated carbocycles. The number of thiophene rings is 1. The van der Waals surface area contributed by atoms with Gasteiger partial charge in [0.1, 0.15) is 10.4 Å². The molecular weight excluding hydrogens is 276 g/mol. The Morgan fingerprint density at radius 1 is 1.45 bits per heavy atom. The van der Waals surface area contributed by atoms with Crippen molar-refractivity contribution in [2.45, 2.75) is 37.8 Å². The highest BCUT2D eigenvalue weighted by molar-refractivity contribution is 7.12. The second kappa shape index (κ2) is 5.93. The van der Waals surface area contributed by atoms with Gasteiger partial charge in [0, 0.05) is 6.54 Å². The summed E-state index contributed by atoms with van der Waals surface area (Å²) in [7, 11) is 3.27. The van der Waals surface area contributed by atoms with Crippen LogP contribution < -0.4 is 5.73 Å². The van der Waals surface area contributed by atoms with Gasteiger partial charge in [0.15, 0.2) is 0 Å². The summed E-state index contributed by atoms with van der Waals surface area (Å²) in [6.45, 7) is 0.525. The third-order valence-electron chi connectivity index (χ3n) is 4.15. The maximum Gasteiger partial charge on any atom is 0.348 e. The summed E-state index contributed by atoms with van der Waals surface area (Å²) in [4.78, 5) is 26.1. The number of likely N-dealkylation sites (N-methyl/N-ethyl adjacent to an activating group) is 1. The molecule has 0 bridgehead atoms. The number of nitrogens with two attached hydrogens (primary N) is 1. The van der Waals surface area contributed by atoms with Crippen LogP contribution in [0.2, 0.25) is 0 Å². The molecule has 0 saturated heterocycles. The summed E-state index contributed by atoms with van der Waals surface area (Å²) in [5.74, 6) is -0.602. The summed E-state index contributed by atoms with van der Waals surface area (Å²) in [5.41, 5.74) is 5.93. The molecule has 0 atom stereocenters. The van der Waals surface area contributed by atoms with Crippen LogP contribution in [-0.2, 0) is 16.1 Å². The first-order chi connectivity index (χ1) is 9.51. The van der Waals surface area contributed by atoms with Gasteiger partial charge in [-0.3, -0.25) is 9.69 Å². The molecule has 1 aliphatic rings. The Labute approximate surface area is 122 Å². The molecule has 0 aliphatic heterocycles. The van der Waals surface area contributed by atoms with E-state index < -0.39 is 5.54 Å². The largest absolute Gasteiger partial charge is 0.465 e. The number of hydrogen-bond donors (Lipinski definition) is 1. The fourth-order valence-corrected chi connectivity index (χ4v) is 3.75. The number of rotatable bonds is 5. The van der Waals surface area contributed by atoms with E-state index in [1.165, 1.54) is 18.4 Å². The van der Waals surface area contributed by atoms with Crippen LogP contribution >= 0.6 is 11.3 Å². The number of methoxy groups -OCH3 is 1. The molecule has 1 heterocycles. The van der Waals surface area contributed by atoms with Gasteiger partial charge < -0.3 is 10.5 Å². The third-order valence-corrected chi connectivity index (χ3v) is 5.08. The predicted molar refractivity (Wildman–Crippen MR) is 77.5 cm³/mol. The van der Waals surface area contributed by atoms with Crippen molar-refractivity contribution < 1.29 is 14.3 Å². The summed E-state index contributed by atoms with van der Waals surface area (Å²) < 4.78 is 4.78. The van der Waals surface area contributed by atoms with Gasteiger partial charge >= 0.3 is 5.97 Å². The van der Waals surface area contributed by atoms with E-state index in [1.807, 2.05) is 23.4 Å². The molecule has 1 fully saturated rings. The number of amides is 1. The minimum atomic E-state index is -0.574. The number of primary amides is 1. The molecule has 0 radical (unpaired) electrons. The average molecular weight is 296 g/mol. The van der Waals surface area contributed by atoms with Crippen LogP contribution in [0, 0.1) is 0 Å². The SMILES string of the molecule is COC(=O)c1sccc1CN(C)C1(C(N)=O)CCCC1. The van der Waals surface area contributed by atoms with Crippen LogP contribution in [0.5, 0.6) is 0 Å². The normalized spacial score (nSPS) is 17.4. The molecule has 1 amide bonds. The molecule has 2 N–H and O–H groups in total. The Morgan fingerprint density at radius 2 is 2.10 bits per heavy atom. The Kier molecular flexibility index (Phi) is 4.45. The van der Waals surface area contributed by atoms with Gasteiger partial charge in [-0.15, -0.1) is 11.3 Å². The van der Waals surface area contributed by atoms with Crippen LogP contribution in [0.15, 0.2) is 11.4 Å². The smallest absolute Gasteiger partial charge is 0.348 e. The Morgan fingerprint density at radius 3 is 2.65 bits per heavy atom. The molecule has 20 heavy (non-hydrogen) atoms. The highest BCUT2D eigenvalue weighted by Crippen LogP contribution is 2.35. The maximum absolute atomic E-state index is 11.9. The first-order valence-corrected chi connectivity index (χ1v) is 7.55. The van der Waals surface area contributed by atoms with Gasteiger partial charge in [0.25, 0.3) is 0 Å². The lowest BCUT2D eigenvalue weighted by atomic mass is 9.94. The maximum atomic E-state index is 11.9. The highest BCUT2D eigenvalue weighted by atomic mass is 32.1. The van der Waals surface area contributed by atoms with Gasteiger partial charge in [-0.2, -0.15) is 0 Å². The summed E-state index contributed by atoms with van der Waals surface area (Å²) in [6.07, 6.45) is 3.61. The van der Waals surface area contributed by atoms with E-state index >= 15 is 0 Å². The lowest BCUT2D eigenvalue weighted by Gasteiger charge is -2.35. The van der Waals surface area contributed by atoms with Gasteiger partial charge in [-0.1, -0.05) is 12.8 Å². The summed E-state index contributed by atoms with van der Waals surface area (Å²) in [5, 5.41) is 1.86. The Bertz CT molecular complexity index is 506. The third kappa shape index (κ3) is 2.58. The fraction of sp³-hybridized carbons (Fsp3) is 0.571. The number of carbonyl (C=O) groups excluding carboxylic acids is 2. The van der Waals surface area contributed by atoms with E-state index in [4.69, 9.17) is 10.5 Å². The quantitative estimate of drug-likeness (QED) is 0.840. The number of carbonyl (C=O) groups is 2. The summed E-state index contributed by atoms with van der Waals surface area (Å²) in [6, 6.07) is 1.90.